The predicted octanol–water partition coefficient (Wildman–Crippen LogP) is 0.178. The summed E-state index contributed by atoms with van der Waals surface area (Å²) < 4.78 is 0. The maximum Gasteiger partial charge on any atom is 0.250 e. The fourth-order valence-electron chi connectivity index (χ4n) is 0.509. The Labute approximate surface area is 69.1 Å². The zero-order valence-electron chi connectivity index (χ0n) is 5.10. The third-order valence-electron chi connectivity index (χ3n) is 0.946. The summed E-state index contributed by atoms with van der Waals surface area (Å²) in [6.45, 7) is 0. The van der Waals surface area contributed by atoms with Crippen LogP contribution in [0.25, 0.3) is 0 Å². The summed E-state index contributed by atoms with van der Waals surface area (Å²) in [4.78, 5) is 14.1. The number of pyridine rings is 1. The van der Waals surface area contributed by atoms with E-state index in [0.29, 0.717) is 5.56 Å². The van der Waals surface area contributed by atoms with Gasteiger partial charge in [-0.05, 0) is 12.1 Å². The zero-order chi connectivity index (χ0) is 6.69. The van der Waals surface area contributed by atoms with E-state index >= 15 is 0 Å². The van der Waals surface area contributed by atoms with Crippen LogP contribution in [0.15, 0.2) is 24.5 Å². The summed E-state index contributed by atoms with van der Waals surface area (Å²) in [6, 6.07) is 3.29. The van der Waals surface area contributed by atoms with E-state index in [1.807, 2.05) is 0 Å². The van der Waals surface area contributed by atoms with Crippen molar-refractivity contribution in [3.05, 3.63) is 30.1 Å². The molecule has 0 saturated heterocycles. The monoisotopic (exact) mass is 178 g/mol. The van der Waals surface area contributed by atoms with Gasteiger partial charge >= 0.3 is 0 Å². The number of amides is 1. The molecule has 54 valence electrons. The molecular formula is C6H6FeN2O. The molecule has 0 bridgehead atoms. The summed E-state index contributed by atoms with van der Waals surface area (Å²) in [5.74, 6) is -0.442. The summed E-state index contributed by atoms with van der Waals surface area (Å²) >= 11 is 0. The van der Waals surface area contributed by atoms with E-state index in [1.54, 1.807) is 18.3 Å². The van der Waals surface area contributed by atoms with Gasteiger partial charge < -0.3 is 5.73 Å². The third kappa shape index (κ3) is 2.17. The van der Waals surface area contributed by atoms with E-state index in [0.717, 1.165) is 0 Å². The minimum atomic E-state index is -0.442. The largest absolute Gasteiger partial charge is 0.366 e. The first kappa shape index (κ1) is 9.14. The van der Waals surface area contributed by atoms with Crippen molar-refractivity contribution in [2.45, 2.75) is 0 Å². The van der Waals surface area contributed by atoms with Gasteiger partial charge in [-0.15, -0.1) is 0 Å². The number of nitrogens with zero attached hydrogens (tertiary/aromatic N) is 1. The Morgan fingerprint density at radius 1 is 1.60 bits per heavy atom. The van der Waals surface area contributed by atoms with Gasteiger partial charge in [0.1, 0.15) is 0 Å². The second-order valence-electron chi connectivity index (χ2n) is 1.61. The van der Waals surface area contributed by atoms with E-state index in [2.05, 4.69) is 4.98 Å². The van der Waals surface area contributed by atoms with Gasteiger partial charge in [-0.3, -0.25) is 9.78 Å². The molecule has 3 nitrogen and oxygen atoms in total. The van der Waals surface area contributed by atoms with Crippen molar-refractivity contribution < 1.29 is 21.9 Å². The summed E-state index contributed by atoms with van der Waals surface area (Å²) in [5, 5.41) is 0. The normalized spacial score (nSPS) is 8.00. The molecule has 0 spiro atoms. The Morgan fingerprint density at radius 3 is 2.60 bits per heavy atom. The van der Waals surface area contributed by atoms with Gasteiger partial charge in [0, 0.05) is 29.5 Å². The number of primary amides is 1. The van der Waals surface area contributed by atoms with Crippen molar-refractivity contribution in [2.24, 2.45) is 5.73 Å². The van der Waals surface area contributed by atoms with Gasteiger partial charge in [0.15, 0.2) is 0 Å². The zero-order valence-corrected chi connectivity index (χ0v) is 6.20. The number of hydrogen-bond acceptors (Lipinski definition) is 2. The van der Waals surface area contributed by atoms with Crippen LogP contribution in [0.2, 0.25) is 0 Å². The average molecular weight is 178 g/mol. The number of nitrogens with two attached hydrogens (primary N) is 1. The minimum Gasteiger partial charge on any atom is -0.366 e. The molecule has 0 fully saturated rings. The Kier molecular flexibility index (Phi) is 3.69. The Bertz CT molecular complexity index is 212. The third-order valence-corrected chi connectivity index (χ3v) is 0.946. The van der Waals surface area contributed by atoms with Crippen LogP contribution in [0.3, 0.4) is 0 Å². The maximum atomic E-state index is 10.4. The smallest absolute Gasteiger partial charge is 0.250 e. The number of hydrogen-bond donors (Lipinski definition) is 1. The van der Waals surface area contributed by atoms with Crippen LogP contribution in [-0.2, 0) is 17.1 Å². The van der Waals surface area contributed by atoms with Crippen LogP contribution >= 0.6 is 0 Å². The van der Waals surface area contributed by atoms with E-state index in [1.165, 1.54) is 6.20 Å². The first-order valence-electron chi connectivity index (χ1n) is 2.50. The van der Waals surface area contributed by atoms with Crippen LogP contribution in [0.1, 0.15) is 10.4 Å². The van der Waals surface area contributed by atoms with Crippen molar-refractivity contribution in [3.8, 4) is 0 Å². The molecule has 4 heteroatoms. The molecule has 1 aromatic rings. The summed E-state index contributed by atoms with van der Waals surface area (Å²) in [7, 11) is 0. The van der Waals surface area contributed by atoms with E-state index in [4.69, 9.17) is 5.73 Å². The van der Waals surface area contributed by atoms with Gasteiger partial charge in [0.2, 0.25) is 5.91 Å². The molecule has 0 aliphatic heterocycles. The van der Waals surface area contributed by atoms with Crippen molar-refractivity contribution in [1.29, 1.82) is 0 Å². The molecule has 2 N–H and O–H groups in total. The fourth-order valence-corrected chi connectivity index (χ4v) is 0.509. The van der Waals surface area contributed by atoms with E-state index in [-0.39, 0.29) is 17.1 Å². The van der Waals surface area contributed by atoms with Crippen molar-refractivity contribution >= 4 is 5.91 Å². The average Bonchev–Trinajstić information content (AvgIpc) is 1.90. The topological polar surface area (TPSA) is 56.0 Å². The molecule has 0 aliphatic carbocycles. The molecule has 0 saturated carbocycles. The second kappa shape index (κ2) is 4.04. The first-order chi connectivity index (χ1) is 4.30. The molecule has 0 atom stereocenters. The number of aromatic nitrogens is 1. The van der Waals surface area contributed by atoms with Gasteiger partial charge in [-0.25, -0.2) is 0 Å². The van der Waals surface area contributed by atoms with Gasteiger partial charge in [0.25, 0.3) is 0 Å². The molecule has 10 heavy (non-hydrogen) atoms. The molecule has 1 amide bonds. The molecule has 0 unspecified atom stereocenters. The summed E-state index contributed by atoms with van der Waals surface area (Å²) in [5.41, 5.74) is 5.38. The molecule has 1 aromatic heterocycles. The number of rotatable bonds is 1. The molecule has 0 aromatic carbocycles. The Morgan fingerprint density at radius 2 is 2.30 bits per heavy atom. The van der Waals surface area contributed by atoms with Crippen LogP contribution in [0.4, 0.5) is 0 Å². The second-order valence-corrected chi connectivity index (χ2v) is 1.61. The molecule has 0 radical (unpaired) electrons. The Balaban J connectivity index is 0.000000810. The van der Waals surface area contributed by atoms with Gasteiger partial charge in [-0.2, -0.15) is 0 Å². The van der Waals surface area contributed by atoms with E-state index < -0.39 is 5.91 Å². The molecule has 1 rings (SSSR count). The summed E-state index contributed by atoms with van der Waals surface area (Å²) in [6.07, 6.45) is 3.02. The van der Waals surface area contributed by atoms with Crippen LogP contribution in [0.5, 0.6) is 0 Å². The minimum absolute atomic E-state index is 0. The van der Waals surface area contributed by atoms with Gasteiger partial charge in [-0.1, -0.05) is 0 Å². The van der Waals surface area contributed by atoms with Crippen molar-refractivity contribution in [2.75, 3.05) is 0 Å². The SMILES string of the molecule is NC(=O)c1cccnc1.[Fe]. The quantitative estimate of drug-likeness (QED) is 0.623. The standard InChI is InChI=1S/C6H6N2O.Fe/c7-6(9)5-2-1-3-8-4-5;/h1-4H,(H2,7,9);. The fraction of sp³-hybridized carbons (Fsp3) is 0. The molecule has 0 aliphatic rings. The van der Waals surface area contributed by atoms with Gasteiger partial charge in [0.05, 0.1) is 5.56 Å². The van der Waals surface area contributed by atoms with Crippen LogP contribution in [-0.4, -0.2) is 10.9 Å². The maximum absolute atomic E-state index is 10.4. The van der Waals surface area contributed by atoms with Crippen molar-refractivity contribution in [1.82, 2.24) is 4.98 Å². The Hall–Kier alpha value is -0.861. The number of carbonyl (C=O) groups excluding carboxylic acids is 1. The van der Waals surface area contributed by atoms with Crippen molar-refractivity contribution in [3.63, 3.8) is 0 Å². The molecular weight excluding hydrogens is 172 g/mol. The van der Waals surface area contributed by atoms with Crippen LogP contribution < -0.4 is 5.73 Å². The molecule has 1 heterocycles. The predicted molar refractivity (Wildman–Crippen MR) is 32.8 cm³/mol. The van der Waals surface area contributed by atoms with E-state index in [9.17, 15) is 4.79 Å². The van der Waals surface area contributed by atoms with Crippen LogP contribution in [0, 0.1) is 0 Å². The first-order valence-corrected chi connectivity index (χ1v) is 2.50. The number of carbonyl (C=O) groups is 1.